The lowest BCUT2D eigenvalue weighted by Gasteiger charge is -2.08. The number of unbranched alkanes of at least 4 members (excludes halogenated alkanes) is 5. The molecule has 0 fully saturated rings. The van der Waals surface area contributed by atoms with E-state index in [1.54, 1.807) is 12.4 Å². The molecule has 0 bridgehead atoms. The van der Waals surface area contributed by atoms with E-state index in [-0.39, 0.29) is 0 Å². The molecule has 31 heavy (non-hydrogen) atoms. The first kappa shape index (κ1) is 23.0. The molecule has 0 radical (unpaired) electrons. The average molecular weight is 417 g/mol. The standard InChI is InChI=1S/C28H36N2O/c1-3-5-7-9-11-23-12-14-25(15-13-23)22-31-27-20-29-28(30-21-27)26-18-16-24(17-19-26)10-8-6-4-2/h12-21H,3-11,22H2,1-2H3. The maximum atomic E-state index is 5.88. The number of rotatable bonds is 13. The van der Waals surface area contributed by atoms with Crippen molar-refractivity contribution in [2.45, 2.75) is 78.2 Å². The fourth-order valence-corrected chi connectivity index (χ4v) is 3.66. The third-order valence-electron chi connectivity index (χ3n) is 5.66. The predicted octanol–water partition coefficient (Wildman–Crippen LogP) is 7.58. The Labute approximate surface area is 187 Å². The summed E-state index contributed by atoms with van der Waals surface area (Å²) in [5.41, 5.74) is 4.99. The number of hydrogen-bond acceptors (Lipinski definition) is 3. The van der Waals surface area contributed by atoms with Crippen molar-refractivity contribution in [1.29, 1.82) is 0 Å². The van der Waals surface area contributed by atoms with Gasteiger partial charge in [-0.1, -0.05) is 94.5 Å². The second-order valence-corrected chi connectivity index (χ2v) is 8.31. The van der Waals surface area contributed by atoms with E-state index < -0.39 is 0 Å². The van der Waals surface area contributed by atoms with Gasteiger partial charge in [-0.3, -0.25) is 0 Å². The summed E-state index contributed by atoms with van der Waals surface area (Å²) in [4.78, 5) is 8.99. The largest absolute Gasteiger partial charge is 0.486 e. The van der Waals surface area contributed by atoms with Crippen LogP contribution < -0.4 is 4.74 Å². The quantitative estimate of drug-likeness (QED) is 0.269. The lowest BCUT2D eigenvalue weighted by atomic mass is 10.0. The normalized spacial score (nSPS) is 10.9. The number of ether oxygens (including phenoxy) is 1. The zero-order chi connectivity index (χ0) is 21.7. The van der Waals surface area contributed by atoms with Crippen LogP contribution in [0.15, 0.2) is 60.9 Å². The minimum absolute atomic E-state index is 0.533. The Morgan fingerprint density at radius 1 is 0.613 bits per heavy atom. The van der Waals surface area contributed by atoms with Gasteiger partial charge in [0.05, 0.1) is 12.4 Å². The lowest BCUT2D eigenvalue weighted by Crippen LogP contribution is -1.98. The van der Waals surface area contributed by atoms with Crippen molar-refractivity contribution in [2.75, 3.05) is 0 Å². The highest BCUT2D eigenvalue weighted by atomic mass is 16.5. The number of nitrogens with zero attached hydrogens (tertiary/aromatic N) is 2. The van der Waals surface area contributed by atoms with E-state index in [4.69, 9.17) is 4.74 Å². The van der Waals surface area contributed by atoms with Gasteiger partial charge in [0.25, 0.3) is 0 Å². The zero-order valence-corrected chi connectivity index (χ0v) is 19.1. The molecule has 3 aromatic rings. The lowest BCUT2D eigenvalue weighted by molar-refractivity contribution is 0.303. The van der Waals surface area contributed by atoms with E-state index in [1.165, 1.54) is 61.6 Å². The Bertz CT molecular complexity index is 870. The molecule has 0 saturated carbocycles. The molecular formula is C28H36N2O. The Morgan fingerprint density at radius 2 is 1.13 bits per heavy atom. The van der Waals surface area contributed by atoms with Crippen molar-refractivity contribution in [2.24, 2.45) is 0 Å². The van der Waals surface area contributed by atoms with Crippen LogP contribution in [-0.2, 0) is 19.4 Å². The molecule has 0 spiro atoms. The van der Waals surface area contributed by atoms with Gasteiger partial charge in [-0.05, 0) is 42.4 Å². The molecule has 1 aromatic heterocycles. The van der Waals surface area contributed by atoms with E-state index in [2.05, 4.69) is 72.3 Å². The van der Waals surface area contributed by atoms with Crippen molar-refractivity contribution in [3.05, 3.63) is 77.6 Å². The fraction of sp³-hybridized carbons (Fsp3) is 0.429. The zero-order valence-electron chi connectivity index (χ0n) is 19.1. The highest BCUT2D eigenvalue weighted by molar-refractivity contribution is 5.55. The minimum atomic E-state index is 0.533. The molecule has 0 aliphatic heterocycles. The van der Waals surface area contributed by atoms with Gasteiger partial charge in [-0.2, -0.15) is 0 Å². The van der Waals surface area contributed by atoms with Crippen LogP contribution in [-0.4, -0.2) is 9.97 Å². The predicted molar refractivity (Wildman–Crippen MR) is 129 cm³/mol. The summed E-state index contributed by atoms with van der Waals surface area (Å²) in [7, 11) is 0. The molecule has 0 aliphatic carbocycles. The van der Waals surface area contributed by atoms with E-state index >= 15 is 0 Å². The van der Waals surface area contributed by atoms with Crippen LogP contribution in [0.2, 0.25) is 0 Å². The molecule has 0 aliphatic rings. The molecule has 0 amide bonds. The van der Waals surface area contributed by atoms with Crippen LogP contribution >= 0.6 is 0 Å². The molecule has 3 nitrogen and oxygen atoms in total. The Balaban J connectivity index is 1.47. The molecule has 2 aromatic carbocycles. The second-order valence-electron chi connectivity index (χ2n) is 8.31. The van der Waals surface area contributed by atoms with Crippen LogP contribution in [0.1, 0.15) is 75.5 Å². The van der Waals surface area contributed by atoms with Gasteiger partial charge in [0.2, 0.25) is 0 Å². The van der Waals surface area contributed by atoms with Crippen LogP contribution in [0.5, 0.6) is 5.75 Å². The van der Waals surface area contributed by atoms with Gasteiger partial charge in [0.15, 0.2) is 11.6 Å². The molecule has 0 N–H and O–H groups in total. The third-order valence-corrected chi connectivity index (χ3v) is 5.66. The van der Waals surface area contributed by atoms with Crippen LogP contribution in [0.4, 0.5) is 0 Å². The van der Waals surface area contributed by atoms with Crippen molar-refractivity contribution >= 4 is 0 Å². The molecule has 0 unspecified atom stereocenters. The van der Waals surface area contributed by atoms with Crippen molar-refractivity contribution in [3.8, 4) is 17.1 Å². The summed E-state index contributed by atoms with van der Waals surface area (Å²) in [6.45, 7) is 5.02. The minimum Gasteiger partial charge on any atom is -0.486 e. The van der Waals surface area contributed by atoms with Gasteiger partial charge in [0.1, 0.15) is 6.61 Å². The summed E-state index contributed by atoms with van der Waals surface area (Å²) >= 11 is 0. The first-order chi connectivity index (χ1) is 15.3. The monoisotopic (exact) mass is 416 g/mol. The average Bonchev–Trinajstić information content (AvgIpc) is 2.82. The summed E-state index contributed by atoms with van der Waals surface area (Å²) in [5.74, 6) is 1.43. The van der Waals surface area contributed by atoms with Gasteiger partial charge < -0.3 is 4.74 Å². The Morgan fingerprint density at radius 3 is 1.74 bits per heavy atom. The molecule has 3 heteroatoms. The number of benzene rings is 2. The molecule has 0 saturated heterocycles. The molecule has 164 valence electrons. The van der Waals surface area contributed by atoms with Crippen molar-refractivity contribution in [3.63, 3.8) is 0 Å². The van der Waals surface area contributed by atoms with Gasteiger partial charge >= 0.3 is 0 Å². The fourth-order valence-electron chi connectivity index (χ4n) is 3.66. The Kier molecular flexibility index (Phi) is 9.56. The molecule has 3 rings (SSSR count). The van der Waals surface area contributed by atoms with E-state index in [9.17, 15) is 0 Å². The first-order valence-corrected chi connectivity index (χ1v) is 11.9. The molecule has 0 atom stereocenters. The first-order valence-electron chi connectivity index (χ1n) is 11.9. The second kappa shape index (κ2) is 12.9. The van der Waals surface area contributed by atoms with Gasteiger partial charge in [-0.15, -0.1) is 0 Å². The molecular weight excluding hydrogens is 380 g/mol. The summed E-state index contributed by atoms with van der Waals surface area (Å²) in [6.07, 6.45) is 14.8. The Hall–Kier alpha value is -2.68. The summed E-state index contributed by atoms with van der Waals surface area (Å²) < 4.78 is 5.88. The van der Waals surface area contributed by atoms with Gasteiger partial charge in [0, 0.05) is 5.56 Å². The smallest absolute Gasteiger partial charge is 0.159 e. The van der Waals surface area contributed by atoms with Gasteiger partial charge in [-0.25, -0.2) is 9.97 Å². The third kappa shape index (κ3) is 7.82. The van der Waals surface area contributed by atoms with Crippen LogP contribution in [0, 0.1) is 0 Å². The number of aryl methyl sites for hydroxylation is 2. The van der Waals surface area contributed by atoms with E-state index in [0.717, 1.165) is 24.2 Å². The summed E-state index contributed by atoms with van der Waals surface area (Å²) in [5, 5.41) is 0. The molecule has 1 heterocycles. The van der Waals surface area contributed by atoms with Crippen molar-refractivity contribution in [1.82, 2.24) is 9.97 Å². The maximum absolute atomic E-state index is 5.88. The van der Waals surface area contributed by atoms with Crippen LogP contribution in [0.3, 0.4) is 0 Å². The summed E-state index contributed by atoms with van der Waals surface area (Å²) in [6, 6.07) is 17.4. The van der Waals surface area contributed by atoms with E-state index in [0.29, 0.717) is 12.4 Å². The number of aromatic nitrogens is 2. The highest BCUT2D eigenvalue weighted by Crippen LogP contribution is 2.19. The SMILES string of the molecule is CCCCCCc1ccc(COc2cnc(-c3ccc(CCCCC)cc3)nc2)cc1. The van der Waals surface area contributed by atoms with Crippen molar-refractivity contribution < 1.29 is 4.74 Å². The maximum Gasteiger partial charge on any atom is 0.159 e. The van der Waals surface area contributed by atoms with E-state index in [1.807, 2.05) is 0 Å². The topological polar surface area (TPSA) is 35.0 Å². The highest BCUT2D eigenvalue weighted by Gasteiger charge is 2.04. The number of hydrogen-bond donors (Lipinski definition) is 0. The van der Waals surface area contributed by atoms with Crippen LogP contribution in [0.25, 0.3) is 11.4 Å².